The van der Waals surface area contributed by atoms with Crippen molar-refractivity contribution in [2.75, 3.05) is 11.4 Å². The van der Waals surface area contributed by atoms with Gasteiger partial charge in [0.05, 0.1) is 5.69 Å². The zero-order valence-corrected chi connectivity index (χ0v) is 16.0. The normalized spacial score (nSPS) is 20.7. The van der Waals surface area contributed by atoms with E-state index in [0.717, 1.165) is 43.9 Å². The number of hydrogen-bond donors (Lipinski definition) is 0. The average Bonchev–Trinajstić information content (AvgIpc) is 3.13. The summed E-state index contributed by atoms with van der Waals surface area (Å²) < 4.78 is 1.82. The predicted molar refractivity (Wildman–Crippen MR) is 108 cm³/mol. The van der Waals surface area contributed by atoms with Crippen LogP contribution < -0.4 is 10.5 Å². The molecule has 2 aliphatic rings. The summed E-state index contributed by atoms with van der Waals surface area (Å²) >= 11 is 0. The van der Waals surface area contributed by atoms with Crippen LogP contribution in [0.1, 0.15) is 24.6 Å². The summed E-state index contributed by atoms with van der Waals surface area (Å²) in [6, 6.07) is 9.99. The first-order valence-electron chi connectivity index (χ1n) is 9.91. The number of fused-ring (bicyclic) bond motifs is 2. The summed E-state index contributed by atoms with van der Waals surface area (Å²) in [5.41, 5.74) is 4.23. The third-order valence-electron chi connectivity index (χ3n) is 5.95. The van der Waals surface area contributed by atoms with Gasteiger partial charge >= 0.3 is 0 Å². The molecule has 0 aromatic carbocycles. The lowest BCUT2D eigenvalue weighted by Gasteiger charge is -2.38. The van der Waals surface area contributed by atoms with Gasteiger partial charge in [0.2, 0.25) is 5.95 Å². The van der Waals surface area contributed by atoms with E-state index in [9.17, 15) is 4.79 Å². The molecule has 1 aliphatic heterocycles. The molecule has 3 aromatic rings. The number of pyridine rings is 2. The molecule has 0 N–H and O–H groups in total. The Morgan fingerprint density at radius 3 is 2.82 bits per heavy atom. The van der Waals surface area contributed by atoms with Crippen molar-refractivity contribution in [1.82, 2.24) is 19.5 Å². The van der Waals surface area contributed by atoms with Gasteiger partial charge in [0.15, 0.2) is 0 Å². The third kappa shape index (κ3) is 2.99. The molecule has 0 amide bonds. The molecular weight excluding hydrogens is 350 g/mol. The summed E-state index contributed by atoms with van der Waals surface area (Å²) in [7, 11) is 0. The Balaban J connectivity index is 1.49. The number of rotatable bonds is 3. The molecule has 0 bridgehead atoms. The third-order valence-corrected chi connectivity index (χ3v) is 5.95. The molecule has 142 valence electrons. The van der Waals surface area contributed by atoms with E-state index >= 15 is 0 Å². The monoisotopic (exact) mass is 373 g/mol. The minimum atomic E-state index is 0.0186. The van der Waals surface area contributed by atoms with Gasteiger partial charge in [-0.05, 0) is 55.9 Å². The first-order valence-corrected chi connectivity index (χ1v) is 9.91. The van der Waals surface area contributed by atoms with Crippen LogP contribution >= 0.6 is 0 Å². The minimum Gasteiger partial charge on any atom is -0.339 e. The van der Waals surface area contributed by atoms with Gasteiger partial charge in [0, 0.05) is 55.0 Å². The largest absolute Gasteiger partial charge is 0.339 e. The van der Waals surface area contributed by atoms with E-state index in [2.05, 4.69) is 27.9 Å². The maximum Gasteiger partial charge on any atom is 0.255 e. The second kappa shape index (κ2) is 6.86. The Bertz CT molecular complexity index is 1040. The van der Waals surface area contributed by atoms with Crippen LogP contribution in [-0.2, 0) is 19.4 Å². The second-order valence-electron chi connectivity index (χ2n) is 7.84. The Kier molecular flexibility index (Phi) is 4.19. The van der Waals surface area contributed by atoms with Crippen LogP contribution in [0, 0.1) is 5.92 Å². The van der Waals surface area contributed by atoms with E-state index in [4.69, 9.17) is 4.98 Å². The van der Waals surface area contributed by atoms with Crippen LogP contribution in [0.4, 0.5) is 5.95 Å². The van der Waals surface area contributed by atoms with Crippen molar-refractivity contribution in [3.8, 4) is 11.3 Å². The van der Waals surface area contributed by atoms with Crippen molar-refractivity contribution < 1.29 is 0 Å². The van der Waals surface area contributed by atoms with Gasteiger partial charge in [0.1, 0.15) is 0 Å². The Morgan fingerprint density at radius 2 is 2.00 bits per heavy atom. The number of nitrogens with zero attached hydrogens (tertiary/aromatic N) is 5. The lowest BCUT2D eigenvalue weighted by Crippen LogP contribution is -2.46. The van der Waals surface area contributed by atoms with Crippen molar-refractivity contribution in [2.24, 2.45) is 5.92 Å². The van der Waals surface area contributed by atoms with E-state index in [1.165, 1.54) is 11.3 Å². The summed E-state index contributed by atoms with van der Waals surface area (Å²) in [6.45, 7) is 3.85. The molecule has 4 heterocycles. The fourth-order valence-electron chi connectivity index (χ4n) is 4.43. The van der Waals surface area contributed by atoms with E-state index in [0.29, 0.717) is 17.7 Å². The zero-order valence-electron chi connectivity index (χ0n) is 16.0. The Hall–Kier alpha value is -3.02. The molecule has 1 unspecified atom stereocenters. The zero-order chi connectivity index (χ0) is 19.1. The number of hydrogen-bond acceptors (Lipinski definition) is 5. The molecule has 0 saturated heterocycles. The fourth-order valence-corrected chi connectivity index (χ4v) is 4.43. The summed E-state index contributed by atoms with van der Waals surface area (Å²) in [5.74, 6) is 1.29. The van der Waals surface area contributed by atoms with Crippen molar-refractivity contribution in [1.29, 1.82) is 0 Å². The molecule has 3 aromatic heterocycles. The average molecular weight is 373 g/mol. The van der Waals surface area contributed by atoms with Gasteiger partial charge in [-0.2, -0.15) is 0 Å². The molecule has 28 heavy (non-hydrogen) atoms. The summed E-state index contributed by atoms with van der Waals surface area (Å²) in [4.78, 5) is 28.6. The molecule has 1 aliphatic carbocycles. The molecule has 5 rings (SSSR count). The second-order valence-corrected chi connectivity index (χ2v) is 7.84. The van der Waals surface area contributed by atoms with E-state index < -0.39 is 0 Å². The van der Waals surface area contributed by atoms with E-state index in [-0.39, 0.29) is 5.56 Å². The molecule has 6 heteroatoms. The quantitative estimate of drug-likeness (QED) is 0.706. The van der Waals surface area contributed by atoms with Gasteiger partial charge in [-0.15, -0.1) is 0 Å². The standard InChI is InChI=1S/C22H23N5O/c1-15-6-10-26-21(28)13-20(17-4-8-23-9-5-17)25-22(26)27(15)14-16-11-18-3-2-7-24-19(18)12-16/h2-5,7-9,13,15-16H,6,10-12,14H2,1H3/t15?,16-/m1/s1. The molecule has 6 nitrogen and oxygen atoms in total. The van der Waals surface area contributed by atoms with Crippen LogP contribution in [0.5, 0.6) is 0 Å². The van der Waals surface area contributed by atoms with Crippen molar-refractivity contribution >= 4 is 5.95 Å². The van der Waals surface area contributed by atoms with Crippen molar-refractivity contribution in [2.45, 2.75) is 38.8 Å². The highest BCUT2D eigenvalue weighted by Crippen LogP contribution is 2.30. The van der Waals surface area contributed by atoms with Crippen molar-refractivity contribution in [3.63, 3.8) is 0 Å². The van der Waals surface area contributed by atoms with Crippen LogP contribution in [0.25, 0.3) is 11.3 Å². The molecule has 0 radical (unpaired) electrons. The number of aromatic nitrogens is 4. The topological polar surface area (TPSA) is 63.9 Å². The predicted octanol–water partition coefficient (Wildman–Crippen LogP) is 2.71. The molecule has 0 saturated carbocycles. The Labute approximate surface area is 163 Å². The van der Waals surface area contributed by atoms with Gasteiger partial charge in [-0.1, -0.05) is 6.07 Å². The molecule has 0 fully saturated rings. The van der Waals surface area contributed by atoms with Crippen molar-refractivity contribution in [3.05, 3.63) is 70.5 Å². The lowest BCUT2D eigenvalue weighted by atomic mass is 10.0. The summed E-state index contributed by atoms with van der Waals surface area (Å²) in [6.07, 6.45) is 8.34. The first-order chi connectivity index (χ1) is 13.7. The van der Waals surface area contributed by atoms with Gasteiger partial charge in [-0.25, -0.2) is 4.98 Å². The van der Waals surface area contributed by atoms with Crippen LogP contribution in [0.15, 0.2) is 53.7 Å². The summed E-state index contributed by atoms with van der Waals surface area (Å²) in [5, 5.41) is 0. The van der Waals surface area contributed by atoms with Gasteiger partial charge in [-0.3, -0.25) is 19.3 Å². The number of anilines is 1. The molecular formula is C22H23N5O. The highest BCUT2D eigenvalue weighted by atomic mass is 16.1. The van der Waals surface area contributed by atoms with Crippen LogP contribution in [-0.4, -0.2) is 32.1 Å². The minimum absolute atomic E-state index is 0.0186. The highest BCUT2D eigenvalue weighted by Gasteiger charge is 2.31. The maximum absolute atomic E-state index is 12.8. The first kappa shape index (κ1) is 17.1. The van der Waals surface area contributed by atoms with E-state index in [1.54, 1.807) is 18.5 Å². The lowest BCUT2D eigenvalue weighted by molar-refractivity contribution is 0.419. The van der Waals surface area contributed by atoms with Crippen LogP contribution in [0.2, 0.25) is 0 Å². The van der Waals surface area contributed by atoms with E-state index in [1.807, 2.05) is 29.0 Å². The highest BCUT2D eigenvalue weighted by molar-refractivity contribution is 5.59. The fraction of sp³-hybridized carbons (Fsp3) is 0.364. The maximum atomic E-state index is 12.8. The van der Waals surface area contributed by atoms with Gasteiger partial charge in [0.25, 0.3) is 5.56 Å². The van der Waals surface area contributed by atoms with Crippen LogP contribution in [0.3, 0.4) is 0 Å². The SMILES string of the molecule is CC1CCn2c(nc(-c3ccncc3)cc2=O)N1C[C@@H]1Cc2cccnc2C1. The molecule has 0 spiro atoms. The smallest absolute Gasteiger partial charge is 0.255 e. The Morgan fingerprint density at radius 1 is 1.14 bits per heavy atom. The van der Waals surface area contributed by atoms with Gasteiger partial charge < -0.3 is 4.90 Å². The molecule has 2 atom stereocenters.